The first-order chi connectivity index (χ1) is 18.7. The van der Waals surface area contributed by atoms with Gasteiger partial charge in [-0.25, -0.2) is 9.97 Å². The Balaban J connectivity index is 1.45. The van der Waals surface area contributed by atoms with Gasteiger partial charge in [0.1, 0.15) is 17.0 Å². The van der Waals surface area contributed by atoms with Crippen molar-refractivity contribution in [2.75, 3.05) is 25.1 Å². The zero-order chi connectivity index (χ0) is 27.7. The number of pyridine rings is 1. The molecular weight excluding hydrogens is 511 g/mol. The second-order valence-corrected chi connectivity index (χ2v) is 9.47. The normalized spacial score (nSPS) is 14.6. The Morgan fingerprint density at radius 1 is 1.15 bits per heavy atom. The first kappa shape index (κ1) is 26.5. The van der Waals surface area contributed by atoms with Gasteiger partial charge in [0.25, 0.3) is 5.91 Å². The molecule has 2 aromatic heterocycles. The SMILES string of the molecule is COc1ccc(-c2nc(C(=O)NCc3cccc(N4CCCC4)c3)c([C@H](C)N)o2)c2ccc(C(F)(F)F)nc12. The average molecular weight is 540 g/mol. The molecule has 0 bridgehead atoms. The number of carbonyl (C=O) groups excluding carboxylic acids is 1. The fourth-order valence-electron chi connectivity index (χ4n) is 4.72. The lowest BCUT2D eigenvalue weighted by atomic mass is 10.1. The zero-order valence-corrected chi connectivity index (χ0v) is 21.5. The van der Waals surface area contributed by atoms with Gasteiger partial charge in [0.05, 0.1) is 13.2 Å². The molecule has 0 unspecified atom stereocenters. The van der Waals surface area contributed by atoms with Gasteiger partial charge < -0.3 is 25.1 Å². The molecule has 0 radical (unpaired) electrons. The van der Waals surface area contributed by atoms with Gasteiger partial charge >= 0.3 is 6.18 Å². The van der Waals surface area contributed by atoms with Gasteiger partial charge in [0.15, 0.2) is 11.5 Å². The van der Waals surface area contributed by atoms with E-state index >= 15 is 0 Å². The van der Waals surface area contributed by atoms with Crippen LogP contribution in [0.1, 0.15) is 53.3 Å². The maximum Gasteiger partial charge on any atom is 0.433 e. The van der Waals surface area contributed by atoms with E-state index in [0.717, 1.165) is 30.4 Å². The third kappa shape index (κ3) is 5.40. The highest BCUT2D eigenvalue weighted by Crippen LogP contribution is 2.37. The van der Waals surface area contributed by atoms with Crippen LogP contribution < -0.4 is 20.7 Å². The molecule has 3 N–H and O–H groups in total. The highest BCUT2D eigenvalue weighted by atomic mass is 19.4. The van der Waals surface area contributed by atoms with Crippen molar-refractivity contribution in [2.24, 2.45) is 5.73 Å². The molecule has 4 aromatic rings. The highest BCUT2D eigenvalue weighted by molar-refractivity contribution is 5.98. The second-order valence-electron chi connectivity index (χ2n) is 9.47. The van der Waals surface area contributed by atoms with Crippen LogP contribution in [0, 0.1) is 0 Å². The van der Waals surface area contributed by atoms with Crippen LogP contribution in [-0.2, 0) is 12.7 Å². The number of rotatable bonds is 7. The summed E-state index contributed by atoms with van der Waals surface area (Å²) >= 11 is 0. The summed E-state index contributed by atoms with van der Waals surface area (Å²) in [7, 11) is 1.35. The number of hydrogen-bond donors (Lipinski definition) is 2. The number of halogens is 3. The average Bonchev–Trinajstić information content (AvgIpc) is 3.61. The van der Waals surface area contributed by atoms with Crippen molar-refractivity contribution in [3.8, 4) is 17.2 Å². The largest absolute Gasteiger partial charge is 0.494 e. The number of benzene rings is 2. The molecule has 1 fully saturated rings. The van der Waals surface area contributed by atoms with Crippen molar-refractivity contribution in [1.29, 1.82) is 0 Å². The maximum atomic E-state index is 13.3. The number of anilines is 1. The third-order valence-electron chi connectivity index (χ3n) is 6.68. The zero-order valence-electron chi connectivity index (χ0n) is 21.5. The van der Waals surface area contributed by atoms with Crippen LogP contribution in [0.5, 0.6) is 5.75 Å². The van der Waals surface area contributed by atoms with E-state index in [2.05, 4.69) is 32.3 Å². The number of hydrogen-bond acceptors (Lipinski definition) is 7. The van der Waals surface area contributed by atoms with Crippen LogP contribution in [0.3, 0.4) is 0 Å². The molecule has 2 aromatic carbocycles. The number of carbonyl (C=O) groups is 1. The molecule has 1 saturated heterocycles. The first-order valence-electron chi connectivity index (χ1n) is 12.6. The van der Waals surface area contributed by atoms with Gasteiger partial charge in [-0.05, 0) is 61.7 Å². The minimum absolute atomic E-state index is 0.00532. The summed E-state index contributed by atoms with van der Waals surface area (Å²) in [5, 5.41) is 3.20. The molecule has 8 nitrogen and oxygen atoms in total. The molecule has 3 heterocycles. The predicted molar refractivity (Wildman–Crippen MR) is 140 cm³/mol. The van der Waals surface area contributed by atoms with Gasteiger partial charge in [0.2, 0.25) is 5.89 Å². The van der Waals surface area contributed by atoms with E-state index in [1.165, 1.54) is 32.1 Å². The van der Waals surface area contributed by atoms with E-state index in [1.807, 2.05) is 12.1 Å². The monoisotopic (exact) mass is 539 g/mol. The van der Waals surface area contributed by atoms with E-state index in [-0.39, 0.29) is 35.2 Å². The van der Waals surface area contributed by atoms with Crippen molar-refractivity contribution >= 4 is 22.5 Å². The topological polar surface area (TPSA) is 107 Å². The van der Waals surface area contributed by atoms with Gasteiger partial charge in [0, 0.05) is 36.3 Å². The summed E-state index contributed by atoms with van der Waals surface area (Å²) in [6.07, 6.45) is -2.30. The van der Waals surface area contributed by atoms with Crippen molar-refractivity contribution in [2.45, 2.75) is 38.5 Å². The number of alkyl halides is 3. The van der Waals surface area contributed by atoms with E-state index in [0.29, 0.717) is 10.9 Å². The fourth-order valence-corrected chi connectivity index (χ4v) is 4.72. The van der Waals surface area contributed by atoms with E-state index in [1.54, 1.807) is 13.0 Å². The maximum absolute atomic E-state index is 13.3. The van der Waals surface area contributed by atoms with E-state index < -0.39 is 23.8 Å². The molecule has 1 atom stereocenters. The van der Waals surface area contributed by atoms with Crippen molar-refractivity contribution < 1.29 is 27.1 Å². The molecule has 39 heavy (non-hydrogen) atoms. The predicted octanol–water partition coefficient (Wildman–Crippen LogP) is 5.47. The molecule has 5 rings (SSSR count). The summed E-state index contributed by atoms with van der Waals surface area (Å²) in [4.78, 5) is 23.7. The number of nitrogens with two attached hydrogens (primary N) is 1. The lowest BCUT2D eigenvalue weighted by molar-refractivity contribution is -0.140. The van der Waals surface area contributed by atoms with E-state index in [4.69, 9.17) is 14.9 Å². The smallest absolute Gasteiger partial charge is 0.433 e. The van der Waals surface area contributed by atoms with Crippen molar-refractivity contribution in [3.63, 3.8) is 0 Å². The van der Waals surface area contributed by atoms with Gasteiger partial charge in [-0.1, -0.05) is 12.1 Å². The highest BCUT2D eigenvalue weighted by Gasteiger charge is 2.33. The molecule has 1 aliphatic rings. The summed E-state index contributed by atoms with van der Waals surface area (Å²) in [5.41, 5.74) is 7.45. The molecular formula is C28H28F3N5O3. The number of aromatic nitrogens is 2. The Bertz CT molecular complexity index is 1510. The fraction of sp³-hybridized carbons (Fsp3) is 0.321. The van der Waals surface area contributed by atoms with Crippen molar-refractivity contribution in [1.82, 2.24) is 15.3 Å². The van der Waals surface area contributed by atoms with Gasteiger partial charge in [-0.3, -0.25) is 4.79 Å². The van der Waals surface area contributed by atoms with Crippen LogP contribution in [0.15, 0.2) is 52.9 Å². The molecule has 0 spiro atoms. The van der Waals surface area contributed by atoms with Gasteiger partial charge in [-0.2, -0.15) is 13.2 Å². The molecule has 204 valence electrons. The molecule has 0 saturated carbocycles. The molecule has 1 aliphatic heterocycles. The molecule has 11 heteroatoms. The minimum atomic E-state index is -4.63. The Hall–Kier alpha value is -4.12. The number of nitrogens with zero attached hydrogens (tertiary/aromatic N) is 3. The standard InChI is InChI=1S/C28H28F3N5O3/c1-16(32)25-24(26(37)33-15-17-6-5-7-18(14-17)36-12-3-4-13-36)35-27(39-25)20-8-10-21(38-2)23-19(20)9-11-22(34-23)28(29,30)31/h5-11,14,16H,3-4,12-13,15,32H2,1-2H3,(H,33,37)/t16-/m0/s1. The molecule has 0 aliphatic carbocycles. The first-order valence-corrected chi connectivity index (χ1v) is 12.6. The Kier molecular flexibility index (Phi) is 7.17. The summed E-state index contributed by atoms with van der Waals surface area (Å²) < 4.78 is 51.1. The quantitative estimate of drug-likeness (QED) is 0.321. The minimum Gasteiger partial charge on any atom is -0.494 e. The summed E-state index contributed by atoms with van der Waals surface area (Å²) in [6, 6.07) is 12.6. The van der Waals surface area contributed by atoms with Crippen LogP contribution in [-0.4, -0.2) is 36.1 Å². The van der Waals surface area contributed by atoms with Gasteiger partial charge in [-0.15, -0.1) is 0 Å². The van der Waals surface area contributed by atoms with Crippen LogP contribution in [0.25, 0.3) is 22.4 Å². The molecule has 1 amide bonds. The number of nitrogens with one attached hydrogen (secondary N) is 1. The van der Waals surface area contributed by atoms with Crippen LogP contribution in [0.2, 0.25) is 0 Å². The Morgan fingerprint density at radius 2 is 1.92 bits per heavy atom. The Morgan fingerprint density at radius 3 is 2.62 bits per heavy atom. The number of amides is 1. The van der Waals surface area contributed by atoms with Crippen molar-refractivity contribution in [3.05, 3.63) is 71.2 Å². The summed E-state index contributed by atoms with van der Waals surface area (Å²) in [5.74, 6) is -0.109. The number of methoxy groups -OCH3 is 1. The lowest BCUT2D eigenvalue weighted by Crippen LogP contribution is -2.25. The third-order valence-corrected chi connectivity index (χ3v) is 6.68. The lowest BCUT2D eigenvalue weighted by Gasteiger charge is -2.18. The summed E-state index contributed by atoms with van der Waals surface area (Å²) in [6.45, 7) is 3.96. The van der Waals surface area contributed by atoms with Crippen LogP contribution in [0.4, 0.5) is 18.9 Å². The number of ether oxygens (including phenoxy) is 1. The van der Waals surface area contributed by atoms with E-state index in [9.17, 15) is 18.0 Å². The van der Waals surface area contributed by atoms with Crippen LogP contribution >= 0.6 is 0 Å². The second kappa shape index (κ2) is 10.6. The number of oxazole rings is 1. The Labute approximate surface area is 223 Å². The number of fused-ring (bicyclic) bond motifs is 1.